The number of hydrogen-bond acceptors (Lipinski definition) is 5. The van der Waals surface area contributed by atoms with Gasteiger partial charge in [-0.3, -0.25) is 14.9 Å². The van der Waals surface area contributed by atoms with Crippen molar-refractivity contribution in [3.8, 4) is 0 Å². The molecule has 1 saturated heterocycles. The van der Waals surface area contributed by atoms with E-state index in [1.807, 2.05) is 0 Å². The fourth-order valence-electron chi connectivity index (χ4n) is 1.76. The van der Waals surface area contributed by atoms with Crippen molar-refractivity contribution in [1.82, 2.24) is 10.6 Å². The van der Waals surface area contributed by atoms with E-state index in [1.165, 1.54) is 6.07 Å². The highest BCUT2D eigenvalue weighted by atomic mass is 35.5. The number of halogens is 3. The highest BCUT2D eigenvalue weighted by Gasteiger charge is 2.26. The Morgan fingerprint density at radius 1 is 1.41 bits per heavy atom. The number of piperazine rings is 1. The second kappa shape index (κ2) is 7.19. The predicted molar refractivity (Wildman–Crippen MR) is 76.8 cm³/mol. The van der Waals surface area contributed by atoms with E-state index in [-0.39, 0.29) is 24.4 Å². The Kier molecular flexibility index (Phi) is 5.29. The molecule has 1 amide bonds. The maximum Gasteiger partial charge on any atom is 0.243 e. The third-order valence-electron chi connectivity index (χ3n) is 2.83. The van der Waals surface area contributed by atoms with Crippen molar-refractivity contribution < 1.29 is 18.4 Å². The highest BCUT2D eigenvalue weighted by Crippen LogP contribution is 2.09. The zero-order valence-electron chi connectivity index (χ0n) is 11.1. The smallest absolute Gasteiger partial charge is 0.243 e. The van der Waals surface area contributed by atoms with Gasteiger partial charge in [0.25, 0.3) is 0 Å². The van der Waals surface area contributed by atoms with Gasteiger partial charge in [-0.15, -0.1) is 5.10 Å². The van der Waals surface area contributed by atoms with Crippen molar-refractivity contribution in [2.75, 3.05) is 6.54 Å². The minimum Gasteiger partial charge on any atom is -0.310 e. The third kappa shape index (κ3) is 4.15. The van der Waals surface area contributed by atoms with Crippen LogP contribution in [0.1, 0.15) is 12.0 Å². The maximum atomic E-state index is 13.3. The standard InChI is InChI=1S/C13H11ClF2N4O2/c14-11(21)4-10-13(22)19-12(6-17-10)20-18-5-7-8(15)2-1-3-9(7)16/h1-3,5,10,17H,4,6H2,(H,19,20,22)/b18-5+. The molecule has 1 aliphatic heterocycles. The van der Waals surface area contributed by atoms with Crippen LogP contribution in [0.2, 0.25) is 0 Å². The van der Waals surface area contributed by atoms with Gasteiger partial charge >= 0.3 is 0 Å². The van der Waals surface area contributed by atoms with Gasteiger partial charge in [0.05, 0.1) is 24.4 Å². The fraction of sp³-hybridized carbons (Fsp3) is 0.231. The van der Waals surface area contributed by atoms with E-state index >= 15 is 0 Å². The Bertz CT molecular complexity index is 643. The van der Waals surface area contributed by atoms with Crippen LogP contribution >= 0.6 is 11.6 Å². The van der Waals surface area contributed by atoms with Crippen LogP contribution in [0.25, 0.3) is 0 Å². The maximum absolute atomic E-state index is 13.3. The molecule has 1 aromatic rings. The molecule has 1 unspecified atom stereocenters. The molecular weight excluding hydrogens is 318 g/mol. The number of hydrogen-bond donors (Lipinski definition) is 2. The summed E-state index contributed by atoms with van der Waals surface area (Å²) in [6.07, 6.45) is 0.766. The molecule has 0 spiro atoms. The van der Waals surface area contributed by atoms with E-state index in [0.29, 0.717) is 0 Å². The highest BCUT2D eigenvalue weighted by molar-refractivity contribution is 6.63. The molecule has 1 fully saturated rings. The van der Waals surface area contributed by atoms with Gasteiger partial charge in [0, 0.05) is 6.42 Å². The van der Waals surface area contributed by atoms with Crippen molar-refractivity contribution in [3.05, 3.63) is 35.4 Å². The minimum absolute atomic E-state index is 0.137. The van der Waals surface area contributed by atoms with Crippen LogP contribution in [0.4, 0.5) is 8.78 Å². The summed E-state index contributed by atoms with van der Waals surface area (Å²) in [5, 5.41) is 11.7. The summed E-state index contributed by atoms with van der Waals surface area (Å²) in [7, 11) is 0. The number of carbonyl (C=O) groups is 2. The normalized spacial score (nSPS) is 20.4. The fourth-order valence-corrected chi connectivity index (χ4v) is 1.92. The zero-order valence-corrected chi connectivity index (χ0v) is 11.9. The van der Waals surface area contributed by atoms with Gasteiger partial charge in [-0.2, -0.15) is 5.10 Å². The first-order valence-electron chi connectivity index (χ1n) is 6.24. The van der Waals surface area contributed by atoms with Crippen molar-refractivity contribution >= 4 is 34.8 Å². The molecule has 0 aliphatic carbocycles. The average Bonchev–Trinajstić information content (AvgIpc) is 2.44. The van der Waals surface area contributed by atoms with E-state index in [1.54, 1.807) is 0 Å². The quantitative estimate of drug-likeness (QED) is 0.490. The summed E-state index contributed by atoms with van der Waals surface area (Å²) >= 11 is 5.21. The first-order chi connectivity index (χ1) is 10.5. The number of amidine groups is 1. The molecular formula is C13H11ClF2N4O2. The van der Waals surface area contributed by atoms with Crippen LogP contribution in [-0.4, -0.2) is 35.8 Å². The first kappa shape index (κ1) is 16.2. The summed E-state index contributed by atoms with van der Waals surface area (Å²) in [5.74, 6) is -1.85. The van der Waals surface area contributed by atoms with Crippen LogP contribution < -0.4 is 10.6 Å². The summed E-state index contributed by atoms with van der Waals surface area (Å²) in [6.45, 7) is 0.137. The molecule has 0 saturated carbocycles. The van der Waals surface area contributed by atoms with Crippen molar-refractivity contribution in [2.24, 2.45) is 10.2 Å². The Labute approximate surface area is 129 Å². The second-order valence-corrected chi connectivity index (χ2v) is 4.83. The molecule has 6 nitrogen and oxygen atoms in total. The van der Waals surface area contributed by atoms with Crippen LogP contribution in [0.3, 0.4) is 0 Å². The van der Waals surface area contributed by atoms with E-state index in [2.05, 4.69) is 20.8 Å². The van der Waals surface area contributed by atoms with Crippen LogP contribution in [0.15, 0.2) is 28.4 Å². The molecule has 116 valence electrons. The number of rotatable bonds is 4. The molecule has 2 rings (SSSR count). The Morgan fingerprint density at radius 2 is 2.09 bits per heavy atom. The lowest BCUT2D eigenvalue weighted by Crippen LogP contribution is -2.56. The largest absolute Gasteiger partial charge is 0.310 e. The van der Waals surface area contributed by atoms with Gasteiger partial charge in [0.15, 0.2) is 0 Å². The van der Waals surface area contributed by atoms with E-state index in [4.69, 9.17) is 11.6 Å². The molecule has 0 aromatic heterocycles. The summed E-state index contributed by atoms with van der Waals surface area (Å²) in [6, 6.07) is 2.68. The molecule has 1 aromatic carbocycles. The molecule has 1 atom stereocenters. The third-order valence-corrected chi connectivity index (χ3v) is 2.98. The average molecular weight is 329 g/mol. The number of carbonyl (C=O) groups excluding carboxylic acids is 2. The Hall–Kier alpha value is -2.19. The minimum atomic E-state index is -0.768. The lowest BCUT2D eigenvalue weighted by molar-refractivity contribution is -0.124. The van der Waals surface area contributed by atoms with Crippen LogP contribution in [-0.2, 0) is 9.59 Å². The Balaban J connectivity index is 2.02. The van der Waals surface area contributed by atoms with Gasteiger partial charge < -0.3 is 5.32 Å². The number of amides is 1. The van der Waals surface area contributed by atoms with Crippen molar-refractivity contribution in [2.45, 2.75) is 12.5 Å². The SMILES string of the molecule is O=C(Cl)CC1NC/C(=N\N=C\c2c(F)cccc2F)NC1=O. The first-order valence-corrected chi connectivity index (χ1v) is 6.61. The van der Waals surface area contributed by atoms with Gasteiger partial charge in [-0.25, -0.2) is 8.78 Å². The van der Waals surface area contributed by atoms with E-state index in [9.17, 15) is 18.4 Å². The van der Waals surface area contributed by atoms with Gasteiger partial charge in [-0.05, 0) is 23.7 Å². The van der Waals surface area contributed by atoms with Gasteiger partial charge in [-0.1, -0.05) is 6.07 Å². The van der Waals surface area contributed by atoms with Crippen LogP contribution in [0.5, 0.6) is 0 Å². The van der Waals surface area contributed by atoms with Gasteiger partial charge in [0.1, 0.15) is 17.5 Å². The zero-order chi connectivity index (χ0) is 16.1. The van der Waals surface area contributed by atoms with E-state index in [0.717, 1.165) is 18.3 Å². The number of nitrogens with one attached hydrogen (secondary N) is 2. The predicted octanol–water partition coefficient (Wildman–Crippen LogP) is 0.941. The monoisotopic (exact) mass is 328 g/mol. The van der Waals surface area contributed by atoms with Crippen molar-refractivity contribution in [3.63, 3.8) is 0 Å². The van der Waals surface area contributed by atoms with E-state index < -0.39 is 28.8 Å². The van der Waals surface area contributed by atoms with Gasteiger partial charge in [0.2, 0.25) is 11.1 Å². The lowest BCUT2D eigenvalue weighted by atomic mass is 10.1. The summed E-state index contributed by atoms with van der Waals surface area (Å²) in [4.78, 5) is 22.4. The molecule has 0 bridgehead atoms. The molecule has 1 aliphatic rings. The Morgan fingerprint density at radius 3 is 2.68 bits per heavy atom. The molecule has 0 radical (unpaired) electrons. The number of benzene rings is 1. The lowest BCUT2D eigenvalue weighted by Gasteiger charge is -2.22. The van der Waals surface area contributed by atoms with Crippen LogP contribution in [0, 0.1) is 11.6 Å². The molecule has 1 heterocycles. The number of nitrogens with zero attached hydrogens (tertiary/aromatic N) is 2. The molecule has 9 heteroatoms. The topological polar surface area (TPSA) is 82.9 Å². The molecule has 2 N–H and O–H groups in total. The second-order valence-electron chi connectivity index (χ2n) is 4.41. The van der Waals surface area contributed by atoms with Crippen molar-refractivity contribution in [1.29, 1.82) is 0 Å². The molecule has 22 heavy (non-hydrogen) atoms. The summed E-state index contributed by atoms with van der Waals surface area (Å²) in [5.41, 5.74) is -0.326. The summed E-state index contributed by atoms with van der Waals surface area (Å²) < 4.78 is 26.7.